The van der Waals surface area contributed by atoms with Gasteiger partial charge in [-0.05, 0) is 19.1 Å². The molecular formula is C8H11F3O. The van der Waals surface area contributed by atoms with Crippen LogP contribution < -0.4 is 0 Å². The van der Waals surface area contributed by atoms with E-state index in [4.69, 9.17) is 0 Å². The number of alkyl halides is 3. The second kappa shape index (κ2) is 4.18. The van der Waals surface area contributed by atoms with Crippen LogP contribution in [0.15, 0.2) is 16.5 Å². The highest BCUT2D eigenvalue weighted by atomic mass is 19.4. The Morgan fingerprint density at radius 3 is 1.83 bits per heavy atom. The third-order valence-corrected chi connectivity index (χ3v) is 1.02. The SMILES string of the molecule is CC.Cc1ccc(C(F)(F)F)o1. The molecule has 0 aliphatic rings. The average Bonchev–Trinajstić information content (AvgIpc) is 2.39. The molecule has 1 aromatic rings. The first-order valence-electron chi connectivity index (χ1n) is 3.64. The lowest BCUT2D eigenvalue weighted by molar-refractivity contribution is -0.153. The largest absolute Gasteiger partial charge is 0.457 e. The van der Waals surface area contributed by atoms with Gasteiger partial charge < -0.3 is 4.42 Å². The van der Waals surface area contributed by atoms with Crippen molar-refractivity contribution in [2.75, 3.05) is 0 Å². The summed E-state index contributed by atoms with van der Waals surface area (Å²) in [5.74, 6) is -0.669. The van der Waals surface area contributed by atoms with Crippen molar-refractivity contribution in [1.82, 2.24) is 0 Å². The van der Waals surface area contributed by atoms with Crippen molar-refractivity contribution in [2.45, 2.75) is 26.9 Å². The molecule has 0 saturated carbocycles. The van der Waals surface area contributed by atoms with Crippen LogP contribution in [0, 0.1) is 6.92 Å². The molecule has 0 aliphatic carbocycles. The van der Waals surface area contributed by atoms with E-state index in [1.807, 2.05) is 13.8 Å². The molecule has 1 nitrogen and oxygen atoms in total. The molecule has 1 heterocycles. The quantitative estimate of drug-likeness (QED) is 0.594. The van der Waals surface area contributed by atoms with Crippen LogP contribution in [0.25, 0.3) is 0 Å². The van der Waals surface area contributed by atoms with Gasteiger partial charge in [0, 0.05) is 0 Å². The van der Waals surface area contributed by atoms with Crippen molar-refractivity contribution >= 4 is 0 Å². The zero-order valence-corrected chi connectivity index (χ0v) is 7.20. The van der Waals surface area contributed by atoms with E-state index in [1.54, 1.807) is 0 Å². The van der Waals surface area contributed by atoms with E-state index in [-0.39, 0.29) is 5.76 Å². The minimum Gasteiger partial charge on any atom is -0.457 e. The van der Waals surface area contributed by atoms with E-state index in [0.717, 1.165) is 6.07 Å². The van der Waals surface area contributed by atoms with Gasteiger partial charge in [-0.3, -0.25) is 0 Å². The topological polar surface area (TPSA) is 13.1 Å². The van der Waals surface area contributed by atoms with Crippen LogP contribution in [0.4, 0.5) is 13.2 Å². The number of rotatable bonds is 0. The average molecular weight is 180 g/mol. The molecule has 4 heteroatoms. The molecule has 1 aromatic heterocycles. The molecule has 0 radical (unpaired) electrons. The lowest BCUT2D eigenvalue weighted by Gasteiger charge is -1.99. The van der Waals surface area contributed by atoms with Crippen LogP contribution >= 0.6 is 0 Å². The van der Waals surface area contributed by atoms with Crippen LogP contribution in [0.1, 0.15) is 25.4 Å². The number of hydrogen-bond acceptors (Lipinski definition) is 1. The summed E-state index contributed by atoms with van der Waals surface area (Å²) in [6, 6.07) is 2.19. The predicted molar refractivity (Wildman–Crippen MR) is 39.8 cm³/mol. The zero-order chi connectivity index (χ0) is 9.78. The first kappa shape index (κ1) is 11.1. The highest BCUT2D eigenvalue weighted by Crippen LogP contribution is 2.30. The molecule has 0 aromatic carbocycles. The van der Waals surface area contributed by atoms with E-state index < -0.39 is 11.9 Å². The fourth-order valence-electron chi connectivity index (χ4n) is 0.587. The Bertz CT molecular complexity index is 224. The molecule has 0 saturated heterocycles. The monoisotopic (exact) mass is 180 g/mol. The van der Waals surface area contributed by atoms with Crippen molar-refractivity contribution in [3.63, 3.8) is 0 Å². The van der Waals surface area contributed by atoms with Gasteiger partial charge in [-0.1, -0.05) is 13.8 Å². The maximum absolute atomic E-state index is 11.7. The second-order valence-corrected chi connectivity index (χ2v) is 1.91. The first-order valence-corrected chi connectivity index (χ1v) is 3.64. The molecule has 0 atom stereocenters. The molecule has 1 rings (SSSR count). The Morgan fingerprint density at radius 1 is 1.17 bits per heavy atom. The van der Waals surface area contributed by atoms with Crippen LogP contribution in [0.2, 0.25) is 0 Å². The summed E-state index contributed by atoms with van der Waals surface area (Å²) in [7, 11) is 0. The molecule has 0 spiro atoms. The fraction of sp³-hybridized carbons (Fsp3) is 0.500. The second-order valence-electron chi connectivity index (χ2n) is 1.91. The molecule has 0 fully saturated rings. The van der Waals surface area contributed by atoms with Crippen LogP contribution in [-0.2, 0) is 6.18 Å². The van der Waals surface area contributed by atoms with Gasteiger partial charge in [0.1, 0.15) is 5.76 Å². The number of hydrogen-bond donors (Lipinski definition) is 0. The minimum absolute atomic E-state index is 0.271. The van der Waals surface area contributed by atoms with E-state index >= 15 is 0 Å². The summed E-state index contributed by atoms with van der Waals surface area (Å²) in [6.07, 6.45) is -4.35. The Balaban J connectivity index is 0.000000561. The van der Waals surface area contributed by atoms with E-state index in [9.17, 15) is 13.2 Å². The summed E-state index contributed by atoms with van der Waals surface area (Å²) in [5, 5.41) is 0. The maximum atomic E-state index is 11.7. The normalized spacial score (nSPS) is 10.5. The fourth-order valence-corrected chi connectivity index (χ4v) is 0.587. The van der Waals surface area contributed by atoms with Gasteiger partial charge in [0.05, 0.1) is 0 Å². The first-order chi connectivity index (χ1) is 5.50. The smallest absolute Gasteiger partial charge is 0.449 e. The summed E-state index contributed by atoms with van der Waals surface area (Å²) in [5.41, 5.74) is 0. The van der Waals surface area contributed by atoms with E-state index in [2.05, 4.69) is 4.42 Å². The molecule has 0 amide bonds. The number of furan rings is 1. The number of halogens is 3. The lowest BCUT2D eigenvalue weighted by atomic mass is 10.4. The zero-order valence-electron chi connectivity index (χ0n) is 7.20. The maximum Gasteiger partial charge on any atom is 0.449 e. The van der Waals surface area contributed by atoms with Gasteiger partial charge in [-0.15, -0.1) is 0 Å². The Labute approximate surface area is 69.2 Å². The Kier molecular flexibility index (Phi) is 3.86. The third-order valence-electron chi connectivity index (χ3n) is 1.02. The van der Waals surface area contributed by atoms with Crippen molar-refractivity contribution in [1.29, 1.82) is 0 Å². The van der Waals surface area contributed by atoms with Gasteiger partial charge in [-0.25, -0.2) is 0 Å². The molecule has 12 heavy (non-hydrogen) atoms. The standard InChI is InChI=1S/C6H5F3O.C2H6/c1-4-2-3-5(10-4)6(7,8)9;1-2/h2-3H,1H3;1-2H3. The number of aryl methyl sites for hydroxylation is 1. The van der Waals surface area contributed by atoms with Crippen molar-refractivity contribution < 1.29 is 17.6 Å². The Morgan fingerprint density at radius 2 is 1.67 bits per heavy atom. The van der Waals surface area contributed by atoms with Crippen molar-refractivity contribution in [2.24, 2.45) is 0 Å². The summed E-state index contributed by atoms with van der Waals surface area (Å²) >= 11 is 0. The Hall–Kier alpha value is -0.930. The summed E-state index contributed by atoms with van der Waals surface area (Å²) < 4.78 is 39.4. The molecule has 70 valence electrons. The molecule has 0 unspecified atom stereocenters. The van der Waals surface area contributed by atoms with E-state index in [0.29, 0.717) is 0 Å². The molecule has 0 bridgehead atoms. The van der Waals surface area contributed by atoms with Gasteiger partial charge in [0.2, 0.25) is 5.76 Å². The van der Waals surface area contributed by atoms with Crippen molar-refractivity contribution in [3.05, 3.63) is 23.7 Å². The van der Waals surface area contributed by atoms with Crippen LogP contribution in [0.3, 0.4) is 0 Å². The van der Waals surface area contributed by atoms with Crippen LogP contribution in [-0.4, -0.2) is 0 Å². The third kappa shape index (κ3) is 2.98. The summed E-state index contributed by atoms with van der Waals surface area (Å²) in [6.45, 7) is 5.47. The summed E-state index contributed by atoms with van der Waals surface area (Å²) in [4.78, 5) is 0. The van der Waals surface area contributed by atoms with Gasteiger partial charge in [0.15, 0.2) is 0 Å². The van der Waals surface area contributed by atoms with Crippen LogP contribution in [0.5, 0.6) is 0 Å². The van der Waals surface area contributed by atoms with Crippen molar-refractivity contribution in [3.8, 4) is 0 Å². The predicted octanol–water partition coefficient (Wildman–Crippen LogP) is 3.63. The van der Waals surface area contributed by atoms with Gasteiger partial charge in [-0.2, -0.15) is 13.2 Å². The molecule has 0 N–H and O–H groups in total. The van der Waals surface area contributed by atoms with Gasteiger partial charge in [0.25, 0.3) is 0 Å². The highest BCUT2D eigenvalue weighted by molar-refractivity contribution is 5.08. The highest BCUT2D eigenvalue weighted by Gasteiger charge is 2.34. The molecule has 0 aliphatic heterocycles. The van der Waals surface area contributed by atoms with Gasteiger partial charge >= 0.3 is 6.18 Å². The van der Waals surface area contributed by atoms with E-state index in [1.165, 1.54) is 13.0 Å². The molecular weight excluding hydrogens is 169 g/mol. The lowest BCUT2D eigenvalue weighted by Crippen LogP contribution is -2.01. The minimum atomic E-state index is -4.35.